The van der Waals surface area contributed by atoms with Crippen LogP contribution in [0.15, 0.2) is 24.4 Å². The highest BCUT2D eigenvalue weighted by Gasteiger charge is 2.51. The van der Waals surface area contributed by atoms with Gasteiger partial charge in [-0.1, -0.05) is 6.07 Å². The van der Waals surface area contributed by atoms with Crippen molar-refractivity contribution in [2.75, 3.05) is 40.6 Å². The lowest BCUT2D eigenvalue weighted by atomic mass is 10.1. The monoisotopic (exact) mass is 454 g/mol. The van der Waals surface area contributed by atoms with Crippen molar-refractivity contribution in [3.63, 3.8) is 0 Å². The molecule has 0 saturated carbocycles. The minimum Gasteiger partial charge on any atom is -0.366 e. The van der Waals surface area contributed by atoms with E-state index in [-0.39, 0.29) is 17.8 Å². The topological polar surface area (TPSA) is 82.6 Å². The van der Waals surface area contributed by atoms with Crippen molar-refractivity contribution in [3.05, 3.63) is 35.7 Å². The minimum atomic E-state index is -3.97. The molecule has 2 aromatic rings. The van der Waals surface area contributed by atoms with Crippen molar-refractivity contribution in [1.82, 2.24) is 9.97 Å². The van der Waals surface area contributed by atoms with Gasteiger partial charge in [-0.05, 0) is 25.5 Å². The van der Waals surface area contributed by atoms with Gasteiger partial charge < -0.3 is 20.4 Å². The summed E-state index contributed by atoms with van der Waals surface area (Å²) >= 11 is 0. The second kappa shape index (κ2) is 7.76. The Kier molecular flexibility index (Phi) is 5.35. The molecule has 0 aromatic carbocycles. The Labute approximate surface area is 181 Å². The molecule has 8 nitrogen and oxygen atoms in total. The molecular weight excluding hydrogens is 432 g/mol. The Morgan fingerprint density at radius 1 is 1.25 bits per heavy atom. The summed E-state index contributed by atoms with van der Waals surface area (Å²) in [6.45, 7) is 1.90. The molecule has 4 rings (SSSR count). The number of hydrogen-bond acceptors (Lipinski definition) is 7. The first kappa shape index (κ1) is 22.1. The lowest BCUT2D eigenvalue weighted by molar-refractivity contribution is -0.380. The molecule has 0 aliphatic carbocycles. The van der Waals surface area contributed by atoms with Crippen molar-refractivity contribution in [2.45, 2.75) is 38.7 Å². The van der Waals surface area contributed by atoms with E-state index in [0.717, 1.165) is 10.6 Å². The van der Waals surface area contributed by atoms with Gasteiger partial charge in [0.15, 0.2) is 0 Å². The molecule has 1 saturated heterocycles. The van der Waals surface area contributed by atoms with Crippen LogP contribution in [0.2, 0.25) is 0 Å². The largest absolute Gasteiger partial charge is 0.377 e. The van der Waals surface area contributed by atoms with Crippen LogP contribution in [-0.2, 0) is 16.1 Å². The first-order chi connectivity index (χ1) is 14.9. The summed E-state index contributed by atoms with van der Waals surface area (Å²) in [5.41, 5.74) is 2.84. The molecule has 172 valence electrons. The van der Waals surface area contributed by atoms with Gasteiger partial charge in [-0.25, -0.2) is 9.97 Å². The van der Waals surface area contributed by atoms with Crippen LogP contribution >= 0.6 is 0 Å². The summed E-state index contributed by atoms with van der Waals surface area (Å²) < 4.78 is 57.3. The number of halogens is 4. The molecule has 0 spiro atoms. The molecule has 2 aliphatic rings. The third-order valence-electron chi connectivity index (χ3n) is 5.42. The SMILES string of the molecule is Cc1nc(NCc2ccc(N3CC(F)(F)OC(F)(F)C3)nc2)cc2c1NC(=O)[C@H](C)N2C. The summed E-state index contributed by atoms with van der Waals surface area (Å²) in [5, 5.41) is 6.02. The van der Waals surface area contributed by atoms with Gasteiger partial charge in [0, 0.05) is 25.9 Å². The number of likely N-dealkylation sites (N-methyl/N-ethyl adjacent to an activating group) is 1. The van der Waals surface area contributed by atoms with Gasteiger partial charge in [-0.15, -0.1) is 0 Å². The van der Waals surface area contributed by atoms with E-state index in [1.807, 2.05) is 18.0 Å². The second-order valence-electron chi connectivity index (χ2n) is 7.87. The fraction of sp³-hybridized carbons (Fsp3) is 0.450. The Morgan fingerprint density at radius 3 is 2.56 bits per heavy atom. The van der Waals surface area contributed by atoms with Crippen molar-refractivity contribution >= 4 is 28.9 Å². The molecule has 2 aromatic heterocycles. The predicted molar refractivity (Wildman–Crippen MR) is 110 cm³/mol. The lowest BCUT2D eigenvalue weighted by Gasteiger charge is -2.37. The summed E-state index contributed by atoms with van der Waals surface area (Å²) in [6.07, 6.45) is -6.51. The summed E-state index contributed by atoms with van der Waals surface area (Å²) in [6, 6.07) is 4.51. The number of anilines is 4. The standard InChI is InChI=1S/C20H22F4N6O2/c1-11-17-14(29(3)12(2)18(31)28-17)6-15(27-11)25-7-13-4-5-16(26-8-13)30-9-19(21,22)32-20(23,24)10-30/h4-6,8,12H,7,9-10H2,1-3H3,(H,25,27)(H,28,31)/t12-/m0/s1. The maximum Gasteiger partial charge on any atom is 0.377 e. The number of pyridine rings is 2. The van der Waals surface area contributed by atoms with Crippen LogP contribution in [0.5, 0.6) is 0 Å². The number of hydrogen-bond donors (Lipinski definition) is 2. The number of ether oxygens (including phenoxy) is 1. The van der Waals surface area contributed by atoms with Gasteiger partial charge in [0.05, 0.1) is 17.1 Å². The van der Waals surface area contributed by atoms with Crippen molar-refractivity contribution in [1.29, 1.82) is 0 Å². The van der Waals surface area contributed by atoms with E-state index in [4.69, 9.17) is 0 Å². The number of carbonyl (C=O) groups excluding carboxylic acids is 1. The van der Waals surface area contributed by atoms with Gasteiger partial charge in [-0.2, -0.15) is 17.6 Å². The number of nitrogens with zero attached hydrogens (tertiary/aromatic N) is 4. The number of aromatic nitrogens is 2. The van der Waals surface area contributed by atoms with Crippen LogP contribution in [0.4, 0.5) is 40.6 Å². The Morgan fingerprint density at radius 2 is 1.94 bits per heavy atom. The highest BCUT2D eigenvalue weighted by molar-refractivity contribution is 6.04. The number of aryl methyl sites for hydroxylation is 1. The molecule has 4 heterocycles. The number of fused-ring (bicyclic) bond motifs is 1. The fourth-order valence-corrected chi connectivity index (χ4v) is 3.64. The minimum absolute atomic E-state index is 0.00510. The highest BCUT2D eigenvalue weighted by Crippen LogP contribution is 2.36. The van der Waals surface area contributed by atoms with Crippen LogP contribution in [0, 0.1) is 6.92 Å². The number of morpholine rings is 1. The van der Waals surface area contributed by atoms with E-state index in [1.54, 1.807) is 19.9 Å². The van der Waals surface area contributed by atoms with Crippen LogP contribution < -0.4 is 20.4 Å². The van der Waals surface area contributed by atoms with E-state index < -0.39 is 25.3 Å². The summed E-state index contributed by atoms with van der Waals surface area (Å²) in [7, 11) is 1.83. The van der Waals surface area contributed by atoms with Crippen LogP contribution in [-0.4, -0.2) is 54.3 Å². The third-order valence-corrected chi connectivity index (χ3v) is 5.42. The Balaban J connectivity index is 1.45. The molecule has 1 fully saturated rings. The van der Waals surface area contributed by atoms with Crippen molar-refractivity contribution in [3.8, 4) is 0 Å². The summed E-state index contributed by atoms with van der Waals surface area (Å²) in [4.78, 5) is 23.2. The number of amides is 1. The molecule has 2 aliphatic heterocycles. The number of nitrogens with one attached hydrogen (secondary N) is 2. The van der Waals surface area contributed by atoms with Gasteiger partial charge in [-0.3, -0.25) is 9.53 Å². The maximum atomic E-state index is 13.4. The number of carbonyl (C=O) groups is 1. The maximum absolute atomic E-state index is 13.4. The number of rotatable bonds is 4. The quantitative estimate of drug-likeness (QED) is 0.687. The molecule has 32 heavy (non-hydrogen) atoms. The average Bonchev–Trinajstić information content (AvgIpc) is 2.69. The van der Waals surface area contributed by atoms with E-state index in [0.29, 0.717) is 29.3 Å². The predicted octanol–water partition coefficient (Wildman–Crippen LogP) is 3.20. The van der Waals surface area contributed by atoms with Crippen molar-refractivity contribution in [2.24, 2.45) is 0 Å². The molecule has 12 heteroatoms. The van der Waals surface area contributed by atoms with Gasteiger partial charge in [0.1, 0.15) is 30.8 Å². The van der Waals surface area contributed by atoms with Gasteiger partial charge in [0.25, 0.3) is 0 Å². The lowest BCUT2D eigenvalue weighted by Crippen LogP contribution is -2.55. The van der Waals surface area contributed by atoms with E-state index in [1.165, 1.54) is 12.3 Å². The Hall–Kier alpha value is -3.15. The molecule has 1 amide bonds. The average molecular weight is 454 g/mol. The van der Waals surface area contributed by atoms with Crippen LogP contribution in [0.1, 0.15) is 18.2 Å². The van der Waals surface area contributed by atoms with Crippen LogP contribution in [0.3, 0.4) is 0 Å². The zero-order valence-electron chi connectivity index (χ0n) is 17.6. The second-order valence-corrected chi connectivity index (χ2v) is 7.87. The van der Waals surface area contributed by atoms with E-state index in [2.05, 4.69) is 25.3 Å². The molecule has 0 radical (unpaired) electrons. The van der Waals surface area contributed by atoms with Crippen molar-refractivity contribution < 1.29 is 27.1 Å². The number of alkyl halides is 4. The van der Waals surface area contributed by atoms with Crippen LogP contribution in [0.25, 0.3) is 0 Å². The smallest absolute Gasteiger partial charge is 0.366 e. The first-order valence-corrected chi connectivity index (χ1v) is 9.89. The zero-order valence-corrected chi connectivity index (χ0v) is 17.6. The zero-order chi connectivity index (χ0) is 23.3. The molecule has 1 atom stereocenters. The van der Waals surface area contributed by atoms with Gasteiger partial charge >= 0.3 is 12.2 Å². The third kappa shape index (κ3) is 4.40. The first-order valence-electron chi connectivity index (χ1n) is 9.89. The van der Waals surface area contributed by atoms with E-state index in [9.17, 15) is 22.4 Å². The molecular formula is C20H22F4N6O2. The fourth-order valence-electron chi connectivity index (χ4n) is 3.64. The van der Waals surface area contributed by atoms with Gasteiger partial charge in [0.2, 0.25) is 5.91 Å². The van der Waals surface area contributed by atoms with E-state index >= 15 is 0 Å². The molecule has 2 N–H and O–H groups in total. The molecule has 0 bridgehead atoms. The summed E-state index contributed by atoms with van der Waals surface area (Å²) in [5.74, 6) is 0.478. The Bertz CT molecular complexity index is 1020. The normalized spacial score (nSPS) is 21.7. The highest BCUT2D eigenvalue weighted by atomic mass is 19.3. The molecule has 0 unspecified atom stereocenters.